The van der Waals surface area contributed by atoms with Gasteiger partial charge in [-0.2, -0.15) is 12.7 Å². The predicted molar refractivity (Wildman–Crippen MR) is 198 cm³/mol. The summed E-state index contributed by atoms with van der Waals surface area (Å²) in [6, 6.07) is 44.3. The topological polar surface area (TPSA) is 46.7 Å². The molecule has 0 radical (unpaired) electrons. The number of nitrogens with zero attached hydrogens (tertiary/aromatic N) is 4. The second-order valence-corrected chi connectivity index (χ2v) is 13.6. The van der Waals surface area contributed by atoms with Gasteiger partial charge in [-0.05, 0) is 41.7 Å². The average molecular weight is 833 g/mol. The van der Waals surface area contributed by atoms with Crippen LogP contribution in [0.3, 0.4) is 0 Å². The molecule has 0 N–H and O–H groups in total. The number of benzene rings is 5. The quantitative estimate of drug-likeness (QED) is 0.162. The third-order valence-corrected chi connectivity index (χ3v) is 9.24. The van der Waals surface area contributed by atoms with Crippen molar-refractivity contribution in [1.82, 2.24) is 14.5 Å². The zero-order valence-corrected chi connectivity index (χ0v) is 30.3. The van der Waals surface area contributed by atoms with Gasteiger partial charge in [0.2, 0.25) is 0 Å². The van der Waals surface area contributed by atoms with E-state index in [1.807, 2.05) is 48.7 Å². The Morgan fingerprint density at radius 3 is 2.32 bits per heavy atom. The summed E-state index contributed by atoms with van der Waals surface area (Å²) in [5.41, 5.74) is 7.74. The summed E-state index contributed by atoms with van der Waals surface area (Å²) < 4.78 is 15.0. The van der Waals surface area contributed by atoms with Crippen LogP contribution in [-0.4, -0.2) is 21.5 Å². The molecule has 1 aliphatic heterocycles. The minimum absolute atomic E-state index is 0. The Hall–Kier alpha value is -5.32. The number of anilines is 1. The van der Waals surface area contributed by atoms with E-state index in [1.54, 1.807) is 0 Å². The van der Waals surface area contributed by atoms with E-state index in [9.17, 15) is 0 Å². The van der Waals surface area contributed by atoms with Crippen molar-refractivity contribution in [2.45, 2.75) is 26.2 Å². The molecule has 6 nitrogen and oxygen atoms in total. The van der Waals surface area contributed by atoms with Crippen LogP contribution in [0.2, 0.25) is 0 Å². The van der Waals surface area contributed by atoms with Gasteiger partial charge in [0.15, 0.2) is 0 Å². The summed E-state index contributed by atoms with van der Waals surface area (Å²) >= 11 is 0. The molecule has 0 unspecified atom stereocenters. The molecule has 0 amide bonds. The van der Waals surface area contributed by atoms with E-state index in [4.69, 9.17) is 14.1 Å². The number of hydrogen-bond acceptors (Lipinski definition) is 5. The zero-order valence-electron chi connectivity index (χ0n) is 28.0. The molecule has 7 heteroatoms. The smallest absolute Gasteiger partial charge is 0.140 e. The second kappa shape index (κ2) is 12.2. The van der Waals surface area contributed by atoms with Crippen molar-refractivity contribution in [3.63, 3.8) is 0 Å². The van der Waals surface area contributed by atoms with Crippen molar-refractivity contribution in [2.24, 2.45) is 0 Å². The number of furan rings is 1. The molecule has 50 heavy (non-hydrogen) atoms. The van der Waals surface area contributed by atoms with Gasteiger partial charge in [0.1, 0.15) is 17.0 Å². The van der Waals surface area contributed by atoms with Crippen LogP contribution >= 0.6 is 0 Å². The second-order valence-electron chi connectivity index (χ2n) is 13.6. The Labute approximate surface area is 305 Å². The van der Waals surface area contributed by atoms with Gasteiger partial charge in [-0.3, -0.25) is 0 Å². The van der Waals surface area contributed by atoms with Crippen LogP contribution in [-0.2, 0) is 26.5 Å². The molecule has 0 bridgehead atoms. The number of para-hydroxylation sites is 2. The molecule has 8 aromatic rings. The summed E-state index contributed by atoms with van der Waals surface area (Å²) in [6.07, 6.45) is 4.04. The van der Waals surface area contributed by atoms with Crippen molar-refractivity contribution < 1.29 is 30.2 Å². The van der Waals surface area contributed by atoms with Gasteiger partial charge in [-0.1, -0.05) is 93.0 Å². The van der Waals surface area contributed by atoms with Crippen LogP contribution in [0.15, 0.2) is 126 Å². The maximum absolute atomic E-state index is 6.62. The van der Waals surface area contributed by atoms with Crippen LogP contribution in [0, 0.1) is 18.8 Å². The SMILES string of the molecule is CN1[CH-]N(c2[c-]c(Oc3[c-]c4c(cc3)c3ccccc3n4-c3cc4oc5ccccc5c4cn3)cc(C(C)(C)C)c2)C=C1c1ccccc1.[Pt]. The third kappa shape index (κ3) is 5.45. The van der Waals surface area contributed by atoms with Gasteiger partial charge in [-0.25, -0.2) is 4.98 Å². The molecule has 5 aromatic carbocycles. The molecule has 0 saturated heterocycles. The number of fused-ring (bicyclic) bond motifs is 6. The maximum Gasteiger partial charge on any atom is 0.140 e. The zero-order chi connectivity index (χ0) is 33.3. The van der Waals surface area contributed by atoms with Crippen molar-refractivity contribution in [1.29, 1.82) is 0 Å². The fraction of sp³-hybridized carbons (Fsp3) is 0.116. The van der Waals surface area contributed by atoms with Gasteiger partial charge in [0, 0.05) is 66.8 Å². The van der Waals surface area contributed by atoms with E-state index in [2.05, 4.69) is 134 Å². The fourth-order valence-corrected chi connectivity index (χ4v) is 6.70. The average Bonchev–Trinajstić information content (AvgIpc) is 3.78. The number of hydrogen-bond donors (Lipinski definition) is 0. The standard InChI is InChI=1S/C43H33N4O2.Pt/c1-43(2,3)29-20-30(46-26-39(45(4)27-46)28-12-6-5-7-13-28)22-32(21-29)48-31-18-19-34-33-14-8-10-16-37(33)47(38(34)23-31)42-24-41-36(25-44-42)35-15-9-11-17-40(35)49-41;/h5-21,24-27H,1-4H3;/q-3;. The van der Waals surface area contributed by atoms with Gasteiger partial charge < -0.3 is 23.5 Å². The fourth-order valence-electron chi connectivity index (χ4n) is 6.70. The third-order valence-electron chi connectivity index (χ3n) is 9.24. The molecule has 1 aliphatic rings. The monoisotopic (exact) mass is 832 g/mol. The van der Waals surface area contributed by atoms with Crippen molar-refractivity contribution in [3.8, 4) is 17.3 Å². The minimum Gasteiger partial charge on any atom is -0.509 e. The molecule has 250 valence electrons. The Kier molecular flexibility index (Phi) is 7.80. The van der Waals surface area contributed by atoms with E-state index >= 15 is 0 Å². The molecule has 4 heterocycles. The first-order valence-electron chi connectivity index (χ1n) is 16.4. The van der Waals surface area contributed by atoms with Crippen LogP contribution in [0.25, 0.3) is 55.3 Å². The van der Waals surface area contributed by atoms with Crippen LogP contribution in [0.1, 0.15) is 31.9 Å². The molecular formula is C43H33N4O2Pt-3. The Morgan fingerprint density at radius 2 is 1.50 bits per heavy atom. The summed E-state index contributed by atoms with van der Waals surface area (Å²) in [5, 5.41) is 4.23. The molecule has 0 aliphatic carbocycles. The normalized spacial score (nSPS) is 13.4. The summed E-state index contributed by atoms with van der Waals surface area (Å²) in [4.78, 5) is 9.17. The predicted octanol–water partition coefficient (Wildman–Crippen LogP) is 10.6. The van der Waals surface area contributed by atoms with Crippen LogP contribution in [0.5, 0.6) is 11.5 Å². The van der Waals surface area contributed by atoms with Crippen molar-refractivity contribution >= 4 is 55.1 Å². The summed E-state index contributed by atoms with van der Waals surface area (Å²) in [7, 11) is 2.06. The van der Waals surface area contributed by atoms with Gasteiger partial charge in [-0.15, -0.1) is 47.0 Å². The van der Waals surface area contributed by atoms with E-state index in [-0.39, 0.29) is 26.5 Å². The van der Waals surface area contributed by atoms with Crippen LogP contribution in [0.4, 0.5) is 5.69 Å². The van der Waals surface area contributed by atoms with Gasteiger partial charge in [0.25, 0.3) is 0 Å². The molecule has 0 saturated carbocycles. The first kappa shape index (κ1) is 31.9. The molecule has 3 aromatic heterocycles. The van der Waals surface area contributed by atoms with Crippen molar-refractivity contribution in [3.05, 3.63) is 152 Å². The Bertz CT molecular complexity index is 2580. The number of ether oxygens (including phenoxy) is 1. The minimum atomic E-state index is -0.110. The summed E-state index contributed by atoms with van der Waals surface area (Å²) in [5.74, 6) is 1.97. The largest absolute Gasteiger partial charge is 0.509 e. The van der Waals surface area contributed by atoms with Gasteiger partial charge >= 0.3 is 0 Å². The Morgan fingerprint density at radius 1 is 0.740 bits per heavy atom. The van der Waals surface area contributed by atoms with E-state index in [0.717, 1.165) is 72.1 Å². The molecule has 0 fully saturated rings. The number of rotatable bonds is 5. The summed E-state index contributed by atoms with van der Waals surface area (Å²) in [6.45, 7) is 8.71. The van der Waals surface area contributed by atoms with Gasteiger partial charge in [0.05, 0.1) is 0 Å². The molecule has 9 rings (SSSR count). The number of aromatic nitrogens is 2. The molecule has 0 spiro atoms. The first-order chi connectivity index (χ1) is 23.8. The first-order valence-corrected chi connectivity index (χ1v) is 16.4. The Balaban J connectivity index is 0.00000361. The maximum atomic E-state index is 6.62. The van der Waals surface area contributed by atoms with E-state index in [1.165, 1.54) is 0 Å². The molecular weight excluding hydrogens is 800 g/mol. The van der Waals surface area contributed by atoms with Crippen molar-refractivity contribution in [2.75, 3.05) is 11.9 Å². The van der Waals surface area contributed by atoms with Crippen LogP contribution < -0.4 is 9.64 Å². The number of pyridine rings is 1. The van der Waals surface area contributed by atoms with E-state index in [0.29, 0.717) is 11.5 Å². The molecule has 0 atom stereocenters. The van der Waals surface area contributed by atoms with E-state index < -0.39 is 0 Å².